The van der Waals surface area contributed by atoms with Gasteiger partial charge in [-0.25, -0.2) is 4.98 Å². The Morgan fingerprint density at radius 3 is 2.75 bits per heavy atom. The van der Waals surface area contributed by atoms with E-state index in [0.29, 0.717) is 10.6 Å². The minimum atomic E-state index is -0.0361. The molecule has 3 aromatic rings. The Morgan fingerprint density at radius 2 is 2.04 bits per heavy atom. The number of H-pyrrole nitrogens is 1. The lowest BCUT2D eigenvalue weighted by molar-refractivity contribution is 0.224. The van der Waals surface area contributed by atoms with Gasteiger partial charge in [-0.2, -0.15) is 16.9 Å². The number of likely N-dealkylation sites (tertiary alicyclic amines) is 1. The molecule has 1 saturated heterocycles. The van der Waals surface area contributed by atoms with E-state index in [4.69, 9.17) is 4.98 Å². The number of hydrogen-bond acceptors (Lipinski definition) is 5. The third-order valence-electron chi connectivity index (χ3n) is 5.49. The summed E-state index contributed by atoms with van der Waals surface area (Å²) in [5.74, 6) is 1.54. The summed E-state index contributed by atoms with van der Waals surface area (Å²) in [6.45, 7) is 7.28. The number of fused-ring (bicyclic) bond motifs is 1. The summed E-state index contributed by atoms with van der Waals surface area (Å²) in [6, 6.07) is 5.75. The predicted molar refractivity (Wildman–Crippen MR) is 115 cm³/mol. The number of rotatable bonds is 5. The largest absolute Gasteiger partial charge is 0.309 e. The molecule has 0 bridgehead atoms. The molecule has 1 aliphatic rings. The van der Waals surface area contributed by atoms with Gasteiger partial charge in [-0.05, 0) is 51.4 Å². The molecule has 28 heavy (non-hydrogen) atoms. The van der Waals surface area contributed by atoms with Gasteiger partial charge in [0.05, 0.1) is 22.3 Å². The minimum Gasteiger partial charge on any atom is -0.309 e. The Morgan fingerprint density at radius 1 is 1.25 bits per heavy atom. The van der Waals surface area contributed by atoms with Crippen molar-refractivity contribution in [2.75, 3.05) is 13.1 Å². The summed E-state index contributed by atoms with van der Waals surface area (Å²) in [5, 5.41) is 5.73. The molecule has 3 heterocycles. The highest BCUT2D eigenvalue weighted by atomic mass is 32.2. The highest BCUT2D eigenvalue weighted by Crippen LogP contribution is 2.27. The van der Waals surface area contributed by atoms with Crippen LogP contribution in [0.5, 0.6) is 0 Å². The number of para-hydroxylation sites is 1. The van der Waals surface area contributed by atoms with Crippen molar-refractivity contribution >= 4 is 22.7 Å². The molecule has 0 radical (unpaired) electrons. The number of nitrogens with one attached hydrogen (secondary N) is 1. The Balaban J connectivity index is 1.33. The summed E-state index contributed by atoms with van der Waals surface area (Å²) in [6.07, 6.45) is 4.46. The number of hydrogen-bond donors (Lipinski definition) is 1. The lowest BCUT2D eigenvalue weighted by atomic mass is 10.1. The molecule has 1 aromatic carbocycles. The Bertz CT molecular complexity index is 1030. The monoisotopic (exact) mass is 397 g/mol. The smallest absolute Gasteiger partial charge is 0.258 e. The van der Waals surface area contributed by atoms with Crippen LogP contribution < -0.4 is 5.56 Å². The maximum atomic E-state index is 12.3. The van der Waals surface area contributed by atoms with Crippen molar-refractivity contribution in [2.24, 2.45) is 7.05 Å². The fraction of sp³-hybridized carbons (Fsp3) is 0.476. The number of aromatic amines is 1. The van der Waals surface area contributed by atoms with Gasteiger partial charge in [-0.1, -0.05) is 12.1 Å². The molecule has 1 N–H and O–H groups in total. The van der Waals surface area contributed by atoms with E-state index < -0.39 is 0 Å². The van der Waals surface area contributed by atoms with Crippen LogP contribution in [0.25, 0.3) is 10.9 Å². The van der Waals surface area contributed by atoms with E-state index in [1.54, 1.807) is 0 Å². The first-order chi connectivity index (χ1) is 13.5. The van der Waals surface area contributed by atoms with Crippen LogP contribution in [0.3, 0.4) is 0 Å². The van der Waals surface area contributed by atoms with Crippen molar-refractivity contribution in [1.29, 1.82) is 0 Å². The van der Waals surface area contributed by atoms with Crippen LogP contribution >= 0.6 is 11.8 Å². The first-order valence-corrected chi connectivity index (χ1v) is 10.9. The average molecular weight is 398 g/mol. The highest BCUT2D eigenvalue weighted by molar-refractivity contribution is 7.99. The first kappa shape index (κ1) is 19.2. The number of aryl methyl sites for hydroxylation is 3. The van der Waals surface area contributed by atoms with Crippen molar-refractivity contribution in [2.45, 2.75) is 44.2 Å². The summed E-state index contributed by atoms with van der Waals surface area (Å²) in [7, 11) is 1.98. The molecule has 1 fully saturated rings. The van der Waals surface area contributed by atoms with Crippen LogP contribution in [0, 0.1) is 13.8 Å². The summed E-state index contributed by atoms with van der Waals surface area (Å²) < 4.78 is 1.90. The molecular formula is C21H27N5OS. The number of benzene rings is 1. The Labute approximate surface area is 169 Å². The lowest BCUT2D eigenvalue weighted by Crippen LogP contribution is -2.34. The number of piperidine rings is 1. The zero-order valence-electron chi connectivity index (χ0n) is 16.7. The van der Waals surface area contributed by atoms with E-state index in [9.17, 15) is 4.79 Å². The van der Waals surface area contributed by atoms with Gasteiger partial charge >= 0.3 is 0 Å². The van der Waals surface area contributed by atoms with Crippen molar-refractivity contribution in [1.82, 2.24) is 24.6 Å². The second kappa shape index (κ2) is 8.09. The van der Waals surface area contributed by atoms with Gasteiger partial charge in [0.1, 0.15) is 5.82 Å². The van der Waals surface area contributed by atoms with Gasteiger partial charge in [0.15, 0.2) is 0 Å². The number of nitrogens with zero attached hydrogens (tertiary/aromatic N) is 4. The van der Waals surface area contributed by atoms with E-state index in [0.717, 1.165) is 48.0 Å². The molecular weight excluding hydrogens is 370 g/mol. The Hall–Kier alpha value is -2.12. The van der Waals surface area contributed by atoms with Gasteiger partial charge in [0, 0.05) is 30.6 Å². The topological polar surface area (TPSA) is 66.8 Å². The standard InChI is InChI=1S/C21H27N5OS/c1-14-5-4-6-18-20(14)22-19(23-21(18)27)13-28-17-7-9-26(10-8-17)12-16-11-25(3)24-15(16)2/h4-6,11,17H,7-10,12-13H2,1-3H3,(H,22,23,27). The van der Waals surface area contributed by atoms with Gasteiger partial charge < -0.3 is 4.98 Å². The van der Waals surface area contributed by atoms with Crippen LogP contribution in [0.2, 0.25) is 0 Å². The van der Waals surface area contributed by atoms with Crippen molar-refractivity contribution in [3.8, 4) is 0 Å². The molecule has 0 amide bonds. The highest BCUT2D eigenvalue weighted by Gasteiger charge is 2.21. The Kier molecular flexibility index (Phi) is 5.55. The van der Waals surface area contributed by atoms with E-state index >= 15 is 0 Å². The fourth-order valence-corrected chi connectivity index (χ4v) is 4.97. The number of aromatic nitrogens is 4. The third-order valence-corrected chi connectivity index (χ3v) is 6.87. The molecule has 2 aromatic heterocycles. The van der Waals surface area contributed by atoms with Crippen LogP contribution in [0.15, 0.2) is 29.2 Å². The lowest BCUT2D eigenvalue weighted by Gasteiger charge is -2.31. The quantitative estimate of drug-likeness (QED) is 0.716. The molecule has 0 atom stereocenters. The van der Waals surface area contributed by atoms with Crippen LogP contribution in [-0.2, 0) is 19.3 Å². The van der Waals surface area contributed by atoms with Crippen molar-refractivity contribution in [3.63, 3.8) is 0 Å². The second-order valence-electron chi connectivity index (χ2n) is 7.68. The maximum absolute atomic E-state index is 12.3. The molecule has 0 saturated carbocycles. The maximum Gasteiger partial charge on any atom is 0.258 e. The van der Waals surface area contributed by atoms with Gasteiger partial charge in [0.25, 0.3) is 5.56 Å². The van der Waals surface area contributed by atoms with E-state index in [1.807, 2.05) is 48.6 Å². The normalized spacial score (nSPS) is 16.1. The van der Waals surface area contributed by atoms with Gasteiger partial charge in [-0.15, -0.1) is 0 Å². The zero-order chi connectivity index (χ0) is 19.7. The van der Waals surface area contributed by atoms with Crippen LogP contribution in [0.1, 0.15) is 35.5 Å². The third kappa shape index (κ3) is 4.15. The molecule has 0 spiro atoms. The fourth-order valence-electron chi connectivity index (χ4n) is 3.90. The van der Waals surface area contributed by atoms with Gasteiger partial charge in [0.2, 0.25) is 0 Å². The molecule has 4 rings (SSSR count). The predicted octanol–water partition coefficient (Wildman–Crippen LogP) is 3.17. The molecule has 148 valence electrons. The first-order valence-electron chi connectivity index (χ1n) is 9.81. The SMILES string of the molecule is Cc1nn(C)cc1CN1CCC(SCc2nc3c(C)cccc3c(=O)[nH]2)CC1. The van der Waals surface area contributed by atoms with Crippen LogP contribution in [-0.4, -0.2) is 43.0 Å². The van der Waals surface area contributed by atoms with Gasteiger partial charge in [-0.3, -0.25) is 14.4 Å². The minimum absolute atomic E-state index is 0.0361. The molecule has 0 aliphatic carbocycles. The summed E-state index contributed by atoms with van der Waals surface area (Å²) >= 11 is 1.91. The molecule has 7 heteroatoms. The molecule has 0 unspecified atom stereocenters. The second-order valence-corrected chi connectivity index (χ2v) is 8.97. The van der Waals surface area contributed by atoms with E-state index in [-0.39, 0.29) is 5.56 Å². The molecule has 6 nitrogen and oxygen atoms in total. The van der Waals surface area contributed by atoms with E-state index in [1.165, 1.54) is 18.4 Å². The van der Waals surface area contributed by atoms with Crippen LogP contribution in [0.4, 0.5) is 0 Å². The zero-order valence-corrected chi connectivity index (χ0v) is 17.6. The summed E-state index contributed by atoms with van der Waals surface area (Å²) in [5.41, 5.74) is 4.28. The van der Waals surface area contributed by atoms with Crippen molar-refractivity contribution < 1.29 is 0 Å². The molecule has 1 aliphatic heterocycles. The van der Waals surface area contributed by atoms with E-state index in [2.05, 4.69) is 28.1 Å². The average Bonchev–Trinajstić information content (AvgIpc) is 2.99. The van der Waals surface area contributed by atoms with Crippen molar-refractivity contribution in [3.05, 3.63) is 57.4 Å². The number of thioether (sulfide) groups is 1. The summed E-state index contributed by atoms with van der Waals surface area (Å²) in [4.78, 5) is 22.5.